The van der Waals surface area contributed by atoms with Crippen LogP contribution >= 0.6 is 0 Å². The molecule has 4 heterocycles. The summed E-state index contributed by atoms with van der Waals surface area (Å²) in [7, 11) is 1.75. The molecule has 0 atom stereocenters. The minimum atomic E-state index is -4.53. The Labute approximate surface area is 164 Å². The fourth-order valence-corrected chi connectivity index (χ4v) is 3.90. The number of carbonyl (C=O) groups is 1. The molecule has 1 aliphatic heterocycles. The standard InChI is InChI=1S/C19H20F3N5O2/c1-10-13(9-26(3)24-10)18(28)27-6-4-12(5-7-27)15-8-14(19(20,21)22)16-11(2)25-29-17(16)23-15/h8-9,12H,4-7H2,1-3H3. The topological polar surface area (TPSA) is 77.0 Å². The molecular formula is C19H20F3N5O2. The molecule has 0 N–H and O–H groups in total. The molecular weight excluding hydrogens is 387 g/mol. The zero-order valence-electron chi connectivity index (χ0n) is 16.2. The summed E-state index contributed by atoms with van der Waals surface area (Å²) in [5, 5.41) is 7.73. The Hall–Kier alpha value is -2.91. The maximum atomic E-state index is 13.6. The van der Waals surface area contributed by atoms with E-state index in [-0.39, 0.29) is 28.6 Å². The fraction of sp³-hybridized carbons (Fsp3) is 0.474. The largest absolute Gasteiger partial charge is 0.417 e. The van der Waals surface area contributed by atoms with Crippen molar-refractivity contribution >= 4 is 17.0 Å². The molecule has 0 unspecified atom stereocenters. The lowest BCUT2D eigenvalue weighted by Crippen LogP contribution is -2.38. The first-order chi connectivity index (χ1) is 13.6. The Kier molecular flexibility index (Phi) is 4.59. The van der Waals surface area contributed by atoms with Crippen molar-refractivity contribution in [1.82, 2.24) is 24.8 Å². The number of aromatic nitrogens is 4. The first-order valence-corrected chi connectivity index (χ1v) is 9.28. The normalized spacial score (nSPS) is 16.0. The van der Waals surface area contributed by atoms with E-state index >= 15 is 0 Å². The number of aryl methyl sites for hydroxylation is 3. The third-order valence-electron chi connectivity index (χ3n) is 5.39. The van der Waals surface area contributed by atoms with Gasteiger partial charge in [-0.25, -0.2) is 4.98 Å². The van der Waals surface area contributed by atoms with E-state index in [9.17, 15) is 18.0 Å². The molecule has 0 saturated carbocycles. The molecule has 3 aromatic heterocycles. The number of pyridine rings is 1. The van der Waals surface area contributed by atoms with Crippen LogP contribution in [0.3, 0.4) is 0 Å². The highest BCUT2D eigenvalue weighted by Gasteiger charge is 2.37. The number of alkyl halides is 3. The quantitative estimate of drug-likeness (QED) is 0.649. The minimum Gasteiger partial charge on any atom is -0.338 e. The summed E-state index contributed by atoms with van der Waals surface area (Å²) in [5.74, 6) is -0.302. The van der Waals surface area contributed by atoms with Crippen molar-refractivity contribution in [1.29, 1.82) is 0 Å². The maximum Gasteiger partial charge on any atom is 0.417 e. The van der Waals surface area contributed by atoms with E-state index < -0.39 is 11.7 Å². The SMILES string of the molecule is Cc1nn(C)cc1C(=O)N1CCC(c2cc(C(F)(F)F)c3c(C)noc3n2)CC1. The summed E-state index contributed by atoms with van der Waals surface area (Å²) in [5.41, 5.74) is 0.811. The van der Waals surface area contributed by atoms with Gasteiger partial charge in [0, 0.05) is 37.9 Å². The van der Waals surface area contributed by atoms with Crippen LogP contribution in [-0.4, -0.2) is 43.8 Å². The number of likely N-dealkylation sites (tertiary alicyclic amines) is 1. The van der Waals surface area contributed by atoms with Gasteiger partial charge in [-0.1, -0.05) is 5.16 Å². The fourth-order valence-electron chi connectivity index (χ4n) is 3.90. The molecule has 29 heavy (non-hydrogen) atoms. The van der Waals surface area contributed by atoms with Gasteiger partial charge in [0.1, 0.15) is 0 Å². The Morgan fingerprint density at radius 2 is 1.90 bits per heavy atom. The van der Waals surface area contributed by atoms with Gasteiger partial charge in [-0.3, -0.25) is 9.48 Å². The van der Waals surface area contributed by atoms with Crippen molar-refractivity contribution in [2.45, 2.75) is 38.8 Å². The number of fused-ring (bicyclic) bond motifs is 1. The maximum absolute atomic E-state index is 13.6. The van der Waals surface area contributed by atoms with Gasteiger partial charge in [-0.15, -0.1) is 0 Å². The van der Waals surface area contributed by atoms with Gasteiger partial charge in [0.2, 0.25) is 0 Å². The lowest BCUT2D eigenvalue weighted by molar-refractivity contribution is -0.136. The lowest BCUT2D eigenvalue weighted by atomic mass is 9.91. The van der Waals surface area contributed by atoms with E-state index in [0.717, 1.165) is 6.07 Å². The number of hydrogen-bond donors (Lipinski definition) is 0. The molecule has 1 saturated heterocycles. The lowest BCUT2D eigenvalue weighted by Gasteiger charge is -2.31. The second-order valence-corrected chi connectivity index (χ2v) is 7.41. The average molecular weight is 407 g/mol. The molecule has 0 aliphatic carbocycles. The molecule has 154 valence electrons. The Morgan fingerprint density at radius 3 is 2.48 bits per heavy atom. The molecule has 7 nitrogen and oxygen atoms in total. The molecule has 4 rings (SSSR count). The van der Waals surface area contributed by atoms with Gasteiger partial charge < -0.3 is 9.42 Å². The van der Waals surface area contributed by atoms with Gasteiger partial charge in [0.05, 0.1) is 27.9 Å². The molecule has 0 spiro atoms. The molecule has 0 aromatic carbocycles. The predicted molar refractivity (Wildman–Crippen MR) is 97.4 cm³/mol. The van der Waals surface area contributed by atoms with Gasteiger partial charge >= 0.3 is 6.18 Å². The number of nitrogens with zero attached hydrogens (tertiary/aromatic N) is 5. The summed E-state index contributed by atoms with van der Waals surface area (Å²) in [6, 6.07) is 1.10. The van der Waals surface area contributed by atoms with Crippen molar-refractivity contribution in [3.8, 4) is 0 Å². The van der Waals surface area contributed by atoms with Crippen molar-refractivity contribution in [2.75, 3.05) is 13.1 Å². The van der Waals surface area contributed by atoms with E-state index in [1.165, 1.54) is 6.92 Å². The van der Waals surface area contributed by atoms with E-state index in [1.807, 2.05) is 0 Å². The van der Waals surface area contributed by atoms with Crippen LogP contribution in [0.15, 0.2) is 16.8 Å². The number of hydrogen-bond acceptors (Lipinski definition) is 5. The number of rotatable bonds is 2. The van der Waals surface area contributed by atoms with E-state index in [4.69, 9.17) is 4.52 Å². The zero-order chi connectivity index (χ0) is 20.9. The third kappa shape index (κ3) is 3.47. The molecule has 10 heteroatoms. The molecule has 1 amide bonds. The molecule has 3 aromatic rings. The molecule has 1 aliphatic rings. The monoisotopic (exact) mass is 407 g/mol. The summed E-state index contributed by atoms with van der Waals surface area (Å²) < 4.78 is 47.3. The van der Waals surface area contributed by atoms with Crippen LogP contribution in [0.25, 0.3) is 11.1 Å². The summed E-state index contributed by atoms with van der Waals surface area (Å²) in [6.45, 7) is 4.12. The second-order valence-electron chi connectivity index (χ2n) is 7.41. The first kappa shape index (κ1) is 19.4. The van der Waals surface area contributed by atoms with Crippen molar-refractivity contribution in [3.05, 3.63) is 40.5 Å². The van der Waals surface area contributed by atoms with E-state index in [1.54, 1.807) is 29.7 Å². The van der Waals surface area contributed by atoms with Crippen molar-refractivity contribution in [3.63, 3.8) is 0 Å². The average Bonchev–Trinajstić information content (AvgIpc) is 3.21. The van der Waals surface area contributed by atoms with Gasteiger partial charge in [0.15, 0.2) is 0 Å². The van der Waals surface area contributed by atoms with Crippen LogP contribution in [0.4, 0.5) is 13.2 Å². The Morgan fingerprint density at radius 1 is 1.21 bits per heavy atom. The highest BCUT2D eigenvalue weighted by atomic mass is 19.4. The first-order valence-electron chi connectivity index (χ1n) is 9.28. The number of piperidine rings is 1. The molecule has 1 fully saturated rings. The zero-order valence-corrected chi connectivity index (χ0v) is 16.2. The van der Waals surface area contributed by atoms with Crippen molar-refractivity contribution < 1.29 is 22.5 Å². The smallest absolute Gasteiger partial charge is 0.338 e. The van der Waals surface area contributed by atoms with Gasteiger partial charge in [-0.2, -0.15) is 18.3 Å². The third-order valence-corrected chi connectivity index (χ3v) is 5.39. The number of amides is 1. The van der Waals surface area contributed by atoms with Crippen LogP contribution in [0.2, 0.25) is 0 Å². The molecule has 0 radical (unpaired) electrons. The van der Waals surface area contributed by atoms with Crippen LogP contribution in [0, 0.1) is 13.8 Å². The number of carbonyl (C=O) groups excluding carboxylic acids is 1. The highest BCUT2D eigenvalue weighted by molar-refractivity contribution is 5.95. The van der Waals surface area contributed by atoms with Gasteiger partial charge in [-0.05, 0) is 32.8 Å². The van der Waals surface area contributed by atoms with E-state index in [0.29, 0.717) is 42.9 Å². The second kappa shape index (κ2) is 6.85. The Balaban J connectivity index is 1.56. The van der Waals surface area contributed by atoms with Crippen LogP contribution in [0.1, 0.15) is 51.8 Å². The van der Waals surface area contributed by atoms with Crippen LogP contribution < -0.4 is 0 Å². The summed E-state index contributed by atoms with van der Waals surface area (Å²) >= 11 is 0. The van der Waals surface area contributed by atoms with Gasteiger partial charge in [0.25, 0.3) is 11.6 Å². The summed E-state index contributed by atoms with van der Waals surface area (Å²) in [4.78, 5) is 18.7. The van der Waals surface area contributed by atoms with E-state index in [2.05, 4.69) is 15.2 Å². The highest BCUT2D eigenvalue weighted by Crippen LogP contribution is 2.38. The van der Waals surface area contributed by atoms with Crippen LogP contribution in [-0.2, 0) is 13.2 Å². The van der Waals surface area contributed by atoms with Crippen molar-refractivity contribution in [2.24, 2.45) is 7.05 Å². The van der Waals surface area contributed by atoms with Crippen LogP contribution in [0.5, 0.6) is 0 Å². The minimum absolute atomic E-state index is 0.0964. The Bertz CT molecular complexity index is 1080. The summed E-state index contributed by atoms with van der Waals surface area (Å²) in [6.07, 6.45) is -1.80. The predicted octanol–water partition coefficient (Wildman–Crippen LogP) is 3.61. The molecule has 0 bridgehead atoms. The number of halogens is 3.